The van der Waals surface area contributed by atoms with Crippen LogP contribution in [0.2, 0.25) is 0 Å². The van der Waals surface area contributed by atoms with Crippen molar-refractivity contribution in [1.82, 2.24) is 14.9 Å². The molecule has 1 aliphatic heterocycles. The summed E-state index contributed by atoms with van der Waals surface area (Å²) >= 11 is 0. The maximum absolute atomic E-state index is 15.1. The summed E-state index contributed by atoms with van der Waals surface area (Å²) in [4.78, 5) is 14.9. The van der Waals surface area contributed by atoms with Crippen molar-refractivity contribution in [2.75, 3.05) is 43.4 Å². The number of allylic oxidation sites excluding steroid dienone is 1. The summed E-state index contributed by atoms with van der Waals surface area (Å²) in [7, 11) is 1.91. The van der Waals surface area contributed by atoms with Crippen LogP contribution in [0.25, 0.3) is 10.9 Å². The Morgan fingerprint density at radius 3 is 2.51 bits per heavy atom. The summed E-state index contributed by atoms with van der Waals surface area (Å²) < 4.78 is 77.2. The first-order chi connectivity index (χ1) is 18.5. The first kappa shape index (κ1) is 26.4. The molecule has 0 saturated carbocycles. The van der Waals surface area contributed by atoms with Crippen molar-refractivity contribution < 1.29 is 26.7 Å². The molecule has 1 aromatic heterocycles. The van der Waals surface area contributed by atoms with E-state index in [1.165, 1.54) is 18.2 Å². The van der Waals surface area contributed by atoms with Crippen LogP contribution in [0.4, 0.5) is 44.8 Å². The van der Waals surface area contributed by atoms with Gasteiger partial charge in [-0.2, -0.15) is 13.2 Å². The second-order valence-electron chi connectivity index (χ2n) is 9.47. The summed E-state index contributed by atoms with van der Waals surface area (Å²) in [5.74, 6) is -2.45. The van der Waals surface area contributed by atoms with Crippen molar-refractivity contribution in [3.05, 3.63) is 75.9 Å². The predicted octanol–water partition coefficient (Wildman–Crippen LogP) is 6.57. The number of hydrogen-bond donors (Lipinski definition) is 1. The SMILES string of the molecule is [C-]#[N+]c1c(Nc2ccc(N3CCN(C)CC3)c(C(F)(F)F)c2)ncnc1Oc1cc(F)c2c(c1F)C=C(C)C2. The Kier molecular flexibility index (Phi) is 6.86. The van der Waals surface area contributed by atoms with Crippen molar-refractivity contribution in [3.8, 4) is 11.6 Å². The van der Waals surface area contributed by atoms with Gasteiger partial charge in [-0.15, -0.1) is 0 Å². The first-order valence-corrected chi connectivity index (χ1v) is 12.0. The topological polar surface area (TPSA) is 57.9 Å². The zero-order valence-electron chi connectivity index (χ0n) is 21.0. The molecule has 1 saturated heterocycles. The quantitative estimate of drug-likeness (QED) is 0.291. The molecule has 0 spiro atoms. The van der Waals surface area contributed by atoms with E-state index in [-0.39, 0.29) is 46.3 Å². The molecule has 0 bridgehead atoms. The normalized spacial score (nSPS) is 15.5. The van der Waals surface area contributed by atoms with E-state index in [1.54, 1.807) is 11.8 Å². The van der Waals surface area contributed by atoms with E-state index in [0.29, 0.717) is 26.2 Å². The minimum Gasteiger partial charge on any atom is -0.446 e. The van der Waals surface area contributed by atoms with Gasteiger partial charge in [-0.3, -0.25) is 0 Å². The number of aromatic nitrogens is 2. The molecule has 1 fully saturated rings. The monoisotopic (exact) mass is 542 g/mol. The number of likely N-dealkylation sites (N-methyl/N-ethyl adjacent to an activating group) is 1. The van der Waals surface area contributed by atoms with Gasteiger partial charge < -0.3 is 19.9 Å². The van der Waals surface area contributed by atoms with E-state index >= 15 is 4.39 Å². The lowest BCUT2D eigenvalue weighted by Gasteiger charge is -2.35. The zero-order valence-corrected chi connectivity index (χ0v) is 21.0. The number of ether oxygens (including phenoxy) is 1. The molecule has 12 heteroatoms. The molecule has 1 N–H and O–H groups in total. The van der Waals surface area contributed by atoms with Crippen molar-refractivity contribution in [2.45, 2.75) is 19.5 Å². The number of halogens is 5. The third-order valence-corrected chi connectivity index (χ3v) is 6.69. The van der Waals surface area contributed by atoms with Crippen molar-refractivity contribution in [2.24, 2.45) is 0 Å². The summed E-state index contributed by atoms with van der Waals surface area (Å²) in [6.07, 6.45) is -1.81. The highest BCUT2D eigenvalue weighted by Gasteiger charge is 2.36. The second kappa shape index (κ2) is 10.1. The smallest absolute Gasteiger partial charge is 0.418 e. The van der Waals surface area contributed by atoms with Gasteiger partial charge in [0.2, 0.25) is 5.88 Å². The number of benzene rings is 2. The Morgan fingerprint density at radius 2 is 1.82 bits per heavy atom. The Hall–Kier alpha value is -4.24. The number of hydrogen-bond acceptors (Lipinski definition) is 6. The molecule has 202 valence electrons. The second-order valence-corrected chi connectivity index (χ2v) is 9.47. The number of anilines is 3. The first-order valence-electron chi connectivity index (χ1n) is 12.0. The average molecular weight is 543 g/mol. The van der Waals surface area contributed by atoms with E-state index in [9.17, 15) is 17.6 Å². The highest BCUT2D eigenvalue weighted by molar-refractivity contribution is 5.77. The molecule has 2 heterocycles. The maximum atomic E-state index is 15.1. The highest BCUT2D eigenvalue weighted by Crippen LogP contribution is 2.42. The van der Waals surface area contributed by atoms with Gasteiger partial charge in [-0.1, -0.05) is 11.6 Å². The van der Waals surface area contributed by atoms with Gasteiger partial charge in [0.05, 0.1) is 12.1 Å². The van der Waals surface area contributed by atoms with Gasteiger partial charge in [0, 0.05) is 54.7 Å². The van der Waals surface area contributed by atoms with Crippen LogP contribution in [0.1, 0.15) is 23.6 Å². The van der Waals surface area contributed by atoms with Crippen LogP contribution in [0.5, 0.6) is 11.6 Å². The van der Waals surface area contributed by atoms with Gasteiger partial charge in [0.25, 0.3) is 5.69 Å². The van der Waals surface area contributed by atoms with Crippen LogP contribution in [-0.2, 0) is 12.6 Å². The van der Waals surface area contributed by atoms with Crippen LogP contribution in [0, 0.1) is 18.2 Å². The number of piperazine rings is 1. The summed E-state index contributed by atoms with van der Waals surface area (Å²) in [6.45, 7) is 11.5. The zero-order chi connectivity index (χ0) is 27.9. The molecule has 3 aromatic rings. The molecule has 39 heavy (non-hydrogen) atoms. The third-order valence-electron chi connectivity index (χ3n) is 6.69. The van der Waals surface area contributed by atoms with Gasteiger partial charge in [0.15, 0.2) is 11.6 Å². The van der Waals surface area contributed by atoms with Crippen LogP contribution in [-0.4, -0.2) is 48.1 Å². The van der Waals surface area contributed by atoms with Gasteiger partial charge in [0.1, 0.15) is 18.0 Å². The molecule has 5 rings (SSSR count). The molecule has 0 radical (unpaired) electrons. The molecule has 0 unspecified atom stereocenters. The van der Waals surface area contributed by atoms with Gasteiger partial charge >= 0.3 is 6.18 Å². The van der Waals surface area contributed by atoms with Crippen molar-refractivity contribution in [3.63, 3.8) is 0 Å². The summed E-state index contributed by atoms with van der Waals surface area (Å²) in [5, 5.41) is 2.72. The number of nitrogens with one attached hydrogen (secondary N) is 1. The molecule has 2 aliphatic rings. The minimum atomic E-state index is -4.62. The molecule has 0 atom stereocenters. The fourth-order valence-electron chi connectivity index (χ4n) is 4.67. The Bertz CT molecular complexity index is 1510. The van der Waals surface area contributed by atoms with Crippen LogP contribution < -0.4 is 15.0 Å². The molecule has 7 nitrogen and oxygen atoms in total. The molecule has 0 amide bonds. The Labute approximate surface area is 221 Å². The Morgan fingerprint density at radius 1 is 1.08 bits per heavy atom. The molecule has 1 aliphatic carbocycles. The number of fused-ring (bicyclic) bond motifs is 1. The largest absolute Gasteiger partial charge is 0.446 e. The fourth-order valence-corrected chi connectivity index (χ4v) is 4.67. The Balaban J connectivity index is 1.46. The average Bonchev–Trinajstić information content (AvgIpc) is 3.30. The highest BCUT2D eigenvalue weighted by atomic mass is 19.4. The minimum absolute atomic E-state index is 0.0325. The van der Waals surface area contributed by atoms with Crippen LogP contribution in [0.15, 0.2) is 36.2 Å². The lowest BCUT2D eigenvalue weighted by Crippen LogP contribution is -2.45. The number of nitrogens with zero attached hydrogens (tertiary/aromatic N) is 5. The third kappa shape index (κ3) is 5.22. The van der Waals surface area contributed by atoms with Crippen LogP contribution in [0.3, 0.4) is 0 Å². The predicted molar refractivity (Wildman–Crippen MR) is 137 cm³/mol. The molecule has 2 aromatic carbocycles. The van der Waals surface area contributed by atoms with Crippen LogP contribution >= 0.6 is 0 Å². The van der Waals surface area contributed by atoms with Crippen molar-refractivity contribution >= 4 is 29.0 Å². The fraction of sp³-hybridized carbons (Fsp3) is 0.296. The van der Waals surface area contributed by atoms with E-state index in [4.69, 9.17) is 11.3 Å². The van der Waals surface area contributed by atoms with Gasteiger partial charge in [-0.25, -0.2) is 23.6 Å². The van der Waals surface area contributed by atoms with E-state index < -0.39 is 29.1 Å². The standard InChI is InChI=1S/C27H23F5N6O/c1-15-10-17-18(11-15)23(29)22(13-20(17)28)39-26-24(33-2)25(34-14-35-26)36-16-4-5-21(19(12-16)27(30,31)32)38-8-6-37(3)7-9-38/h4-5,11-14H,6-10H2,1,3H3,(H,34,35,36). The molecular formula is C27H23F5N6O. The summed E-state index contributed by atoms with van der Waals surface area (Å²) in [6, 6.07) is 4.68. The van der Waals surface area contributed by atoms with E-state index in [0.717, 1.165) is 24.0 Å². The lowest BCUT2D eigenvalue weighted by molar-refractivity contribution is -0.137. The van der Waals surface area contributed by atoms with Crippen molar-refractivity contribution in [1.29, 1.82) is 0 Å². The molecular weight excluding hydrogens is 519 g/mol. The summed E-state index contributed by atoms with van der Waals surface area (Å²) in [5.41, 5.74) is 0.0360. The van der Waals surface area contributed by atoms with E-state index in [2.05, 4.69) is 20.1 Å². The number of rotatable bonds is 5. The number of alkyl halides is 3. The van der Waals surface area contributed by atoms with Gasteiger partial charge in [-0.05, 0) is 38.6 Å². The van der Waals surface area contributed by atoms with E-state index in [1.807, 2.05) is 11.9 Å². The maximum Gasteiger partial charge on any atom is 0.418 e. The lowest BCUT2D eigenvalue weighted by atomic mass is 10.1.